The van der Waals surface area contributed by atoms with E-state index in [4.69, 9.17) is 10.5 Å². The van der Waals surface area contributed by atoms with Gasteiger partial charge in [0.2, 0.25) is 0 Å². The number of allylic oxidation sites excluding steroid dienone is 3. The second-order valence-corrected chi connectivity index (χ2v) is 7.73. The van der Waals surface area contributed by atoms with Gasteiger partial charge in [0, 0.05) is 37.8 Å². The topological polar surface area (TPSA) is 111 Å². The van der Waals surface area contributed by atoms with Crippen LogP contribution >= 0.6 is 0 Å². The summed E-state index contributed by atoms with van der Waals surface area (Å²) in [5, 5.41) is 14.2. The predicted octanol–water partition coefficient (Wildman–Crippen LogP) is 3.44. The minimum atomic E-state index is -0.585. The maximum atomic E-state index is 12.8. The number of nitro benzene ring substituents is 1. The van der Waals surface area contributed by atoms with E-state index in [1.165, 1.54) is 17.7 Å². The number of carbonyl (C=O) groups is 1. The van der Waals surface area contributed by atoms with Crippen molar-refractivity contribution in [3.63, 3.8) is 0 Å². The minimum Gasteiger partial charge on any atom is -0.493 e. The van der Waals surface area contributed by atoms with Gasteiger partial charge in [0.05, 0.1) is 17.1 Å². The number of likely N-dealkylation sites (tertiary alicyclic amines) is 1. The van der Waals surface area contributed by atoms with E-state index < -0.39 is 4.92 Å². The van der Waals surface area contributed by atoms with Crippen LogP contribution in [0.4, 0.5) is 11.4 Å². The van der Waals surface area contributed by atoms with Gasteiger partial charge >= 0.3 is 0 Å². The Morgan fingerprint density at radius 1 is 1.37 bits per heavy atom. The molecule has 1 heterocycles. The number of nitrogens with one attached hydrogen (secondary N) is 1. The van der Waals surface area contributed by atoms with Crippen LogP contribution in [0.5, 0.6) is 5.75 Å². The largest absolute Gasteiger partial charge is 0.493 e. The Kier molecular flexibility index (Phi) is 7.46. The molecule has 3 N–H and O–H groups in total. The van der Waals surface area contributed by atoms with Crippen molar-refractivity contribution >= 4 is 17.3 Å². The number of nitrogens with zero attached hydrogens (tertiary/aromatic N) is 2. The fraction of sp³-hybridized carbons (Fsp3) is 0.500. The van der Waals surface area contributed by atoms with E-state index in [2.05, 4.69) is 28.4 Å². The first-order chi connectivity index (χ1) is 14.5. The minimum absolute atomic E-state index is 0.0168. The second-order valence-electron chi connectivity index (χ2n) is 7.73. The average molecular weight is 415 g/mol. The number of ether oxygens (including phenoxy) is 1. The summed E-state index contributed by atoms with van der Waals surface area (Å²) in [6.45, 7) is 5.01. The summed E-state index contributed by atoms with van der Waals surface area (Å²) in [5.41, 5.74) is 7.09. The highest BCUT2D eigenvalue weighted by Gasteiger charge is 2.25. The average Bonchev–Trinajstić information content (AvgIpc) is 2.74. The third-order valence-electron chi connectivity index (χ3n) is 5.64. The van der Waals surface area contributed by atoms with Gasteiger partial charge in [0.15, 0.2) is 0 Å². The van der Waals surface area contributed by atoms with Crippen molar-refractivity contribution in [2.45, 2.75) is 45.1 Å². The van der Waals surface area contributed by atoms with E-state index >= 15 is 0 Å². The number of anilines is 1. The lowest BCUT2D eigenvalue weighted by atomic mass is 10.00. The van der Waals surface area contributed by atoms with Crippen LogP contribution in [0, 0.1) is 10.1 Å². The molecule has 1 fully saturated rings. The molecule has 1 amide bonds. The van der Waals surface area contributed by atoms with Crippen molar-refractivity contribution in [1.29, 1.82) is 0 Å². The number of carbonyl (C=O) groups excluding carboxylic acids is 1. The number of nitrogen functional groups attached to an aromatic ring is 1. The van der Waals surface area contributed by atoms with Crippen molar-refractivity contribution in [2.75, 3.05) is 32.0 Å². The summed E-state index contributed by atoms with van der Waals surface area (Å²) in [5.74, 6) is -0.0931. The number of nitrogens with two attached hydrogens (primary N) is 1. The Balaban J connectivity index is 1.56. The standard InChI is InChI=1S/C22H30N4O4/c1-2-30-21-15-19(23)20(26(28)29)14-18(21)22(27)24-17-9-12-25(13-10-17)11-8-16-6-4-3-5-7-16/h3-4,6,14-15,17H,2,5,7-13,23H2,1H3,(H,24,27). The van der Waals surface area contributed by atoms with Crippen molar-refractivity contribution in [3.05, 3.63) is 51.6 Å². The molecule has 2 aliphatic rings. The van der Waals surface area contributed by atoms with Gasteiger partial charge in [-0.3, -0.25) is 14.9 Å². The van der Waals surface area contributed by atoms with Gasteiger partial charge in [0.1, 0.15) is 11.4 Å². The first kappa shape index (κ1) is 21.8. The number of piperidine rings is 1. The quantitative estimate of drug-likeness (QED) is 0.383. The summed E-state index contributed by atoms with van der Waals surface area (Å²) >= 11 is 0. The molecule has 0 unspecified atom stereocenters. The molecule has 0 aromatic heterocycles. The van der Waals surface area contributed by atoms with Crippen LogP contribution in [0.3, 0.4) is 0 Å². The van der Waals surface area contributed by atoms with E-state index in [1.807, 2.05) is 0 Å². The van der Waals surface area contributed by atoms with Gasteiger partial charge in [-0.25, -0.2) is 0 Å². The van der Waals surface area contributed by atoms with Gasteiger partial charge in [-0.15, -0.1) is 0 Å². The van der Waals surface area contributed by atoms with Gasteiger partial charge in [0.25, 0.3) is 11.6 Å². The smallest absolute Gasteiger partial charge is 0.293 e. The number of benzene rings is 1. The molecule has 1 aliphatic carbocycles. The molecule has 30 heavy (non-hydrogen) atoms. The Labute approximate surface area is 176 Å². The van der Waals surface area contributed by atoms with Crippen LogP contribution in [0.2, 0.25) is 0 Å². The van der Waals surface area contributed by atoms with Gasteiger partial charge in [-0.2, -0.15) is 0 Å². The molecule has 0 bridgehead atoms. The Hall–Kier alpha value is -2.87. The normalized spacial score (nSPS) is 17.4. The SMILES string of the molecule is CCOc1cc(N)c([N+](=O)[O-])cc1C(=O)NC1CCN(CCC2=CC=CCC2)CC1. The number of amides is 1. The first-order valence-electron chi connectivity index (χ1n) is 10.6. The lowest BCUT2D eigenvalue weighted by Gasteiger charge is -2.32. The summed E-state index contributed by atoms with van der Waals surface area (Å²) in [6.07, 6.45) is 11.6. The second kappa shape index (κ2) is 10.2. The van der Waals surface area contributed by atoms with Crippen LogP contribution in [-0.4, -0.2) is 48.0 Å². The molecule has 0 spiro atoms. The molecule has 1 saturated heterocycles. The van der Waals surface area contributed by atoms with E-state index in [0.29, 0.717) is 6.61 Å². The maximum absolute atomic E-state index is 12.8. The van der Waals surface area contributed by atoms with Crippen molar-refractivity contribution < 1.29 is 14.5 Å². The van der Waals surface area contributed by atoms with Crippen molar-refractivity contribution in [3.8, 4) is 5.75 Å². The van der Waals surface area contributed by atoms with Gasteiger partial charge < -0.3 is 20.7 Å². The fourth-order valence-electron chi connectivity index (χ4n) is 3.92. The molecule has 3 rings (SSSR count). The molecule has 8 heteroatoms. The molecule has 8 nitrogen and oxygen atoms in total. The zero-order chi connectivity index (χ0) is 21.5. The van der Waals surface area contributed by atoms with E-state index in [0.717, 1.165) is 51.7 Å². The van der Waals surface area contributed by atoms with Crippen LogP contribution in [0.1, 0.15) is 49.4 Å². The molecular formula is C22H30N4O4. The molecule has 162 valence electrons. The molecule has 1 aliphatic heterocycles. The van der Waals surface area contributed by atoms with Crippen LogP contribution in [0.15, 0.2) is 35.9 Å². The maximum Gasteiger partial charge on any atom is 0.293 e. The molecule has 1 aromatic rings. The van der Waals surface area contributed by atoms with Crippen molar-refractivity contribution in [1.82, 2.24) is 10.2 Å². The summed E-state index contributed by atoms with van der Waals surface area (Å²) in [4.78, 5) is 25.9. The highest BCUT2D eigenvalue weighted by molar-refractivity contribution is 5.98. The molecular weight excluding hydrogens is 384 g/mol. The van der Waals surface area contributed by atoms with Crippen molar-refractivity contribution in [2.24, 2.45) is 0 Å². The Bertz CT molecular complexity index is 842. The van der Waals surface area contributed by atoms with E-state index in [-0.39, 0.29) is 34.6 Å². The Morgan fingerprint density at radius 2 is 2.13 bits per heavy atom. The van der Waals surface area contributed by atoms with E-state index in [1.54, 1.807) is 6.92 Å². The molecule has 0 saturated carbocycles. The van der Waals surface area contributed by atoms with E-state index in [9.17, 15) is 14.9 Å². The van der Waals surface area contributed by atoms with Gasteiger partial charge in [-0.05, 0) is 39.0 Å². The first-order valence-corrected chi connectivity index (χ1v) is 10.6. The fourth-order valence-corrected chi connectivity index (χ4v) is 3.92. The Morgan fingerprint density at radius 3 is 2.77 bits per heavy atom. The number of rotatable bonds is 8. The van der Waals surface area contributed by atoms with Crippen LogP contribution in [0.25, 0.3) is 0 Å². The highest BCUT2D eigenvalue weighted by atomic mass is 16.6. The molecule has 1 aromatic carbocycles. The molecule has 0 radical (unpaired) electrons. The predicted molar refractivity (Wildman–Crippen MR) is 117 cm³/mol. The monoisotopic (exact) mass is 414 g/mol. The van der Waals surface area contributed by atoms with Gasteiger partial charge in [-0.1, -0.05) is 23.8 Å². The number of hydrogen-bond donors (Lipinski definition) is 2. The molecule has 0 atom stereocenters. The highest BCUT2D eigenvalue weighted by Crippen LogP contribution is 2.31. The lowest BCUT2D eigenvalue weighted by Crippen LogP contribution is -2.45. The summed E-state index contributed by atoms with van der Waals surface area (Å²) in [7, 11) is 0. The zero-order valence-corrected chi connectivity index (χ0v) is 17.4. The third-order valence-corrected chi connectivity index (χ3v) is 5.64. The third kappa shape index (κ3) is 5.60. The zero-order valence-electron chi connectivity index (χ0n) is 17.4. The van der Waals surface area contributed by atoms with Crippen LogP contribution in [-0.2, 0) is 0 Å². The number of hydrogen-bond acceptors (Lipinski definition) is 6. The summed E-state index contributed by atoms with van der Waals surface area (Å²) in [6, 6.07) is 2.60. The number of nitro groups is 1. The van der Waals surface area contributed by atoms with Crippen LogP contribution < -0.4 is 15.8 Å². The lowest BCUT2D eigenvalue weighted by molar-refractivity contribution is -0.383. The summed E-state index contributed by atoms with van der Waals surface area (Å²) < 4.78 is 5.49.